The third-order valence-electron chi connectivity index (χ3n) is 4.01. The van der Waals surface area contributed by atoms with Gasteiger partial charge in [0.15, 0.2) is 17.5 Å². The molecular weight excluding hydrogens is 346 g/mol. The number of guanidine groups is 1. The van der Waals surface area contributed by atoms with E-state index in [1.807, 2.05) is 13.0 Å². The number of methoxy groups -OCH3 is 1. The van der Waals surface area contributed by atoms with E-state index in [0.29, 0.717) is 6.61 Å². The van der Waals surface area contributed by atoms with Gasteiger partial charge in [-0.3, -0.25) is 4.99 Å². The van der Waals surface area contributed by atoms with Crippen LogP contribution in [0.4, 0.5) is 0 Å². The van der Waals surface area contributed by atoms with Crippen molar-refractivity contribution in [2.75, 3.05) is 27.3 Å². The zero-order valence-electron chi connectivity index (χ0n) is 16.0. The molecule has 0 radical (unpaired) electrons. The first kappa shape index (κ1) is 20.1. The molecule has 6 heteroatoms. The Kier molecular flexibility index (Phi) is 8.28. The molecule has 1 unspecified atom stereocenters. The number of aliphatic imine (C=N–C) groups is 1. The van der Waals surface area contributed by atoms with E-state index in [4.69, 9.17) is 9.47 Å². The first-order valence-electron chi connectivity index (χ1n) is 8.98. The summed E-state index contributed by atoms with van der Waals surface area (Å²) in [6.45, 7) is 5.61. The molecule has 1 atom stereocenters. The molecule has 0 bridgehead atoms. The van der Waals surface area contributed by atoms with Gasteiger partial charge in [-0.05, 0) is 55.8 Å². The number of ether oxygens (including phenoxy) is 2. The van der Waals surface area contributed by atoms with Gasteiger partial charge in [-0.25, -0.2) is 0 Å². The Bertz CT molecular complexity index is 686. The predicted octanol–water partition coefficient (Wildman–Crippen LogP) is 4.01. The van der Waals surface area contributed by atoms with Crippen LogP contribution in [0, 0.1) is 0 Å². The summed E-state index contributed by atoms with van der Waals surface area (Å²) >= 11 is 1.75. The average Bonchev–Trinajstić information content (AvgIpc) is 3.19. The summed E-state index contributed by atoms with van der Waals surface area (Å²) in [6.07, 6.45) is 1.97. The van der Waals surface area contributed by atoms with Crippen LogP contribution >= 0.6 is 11.3 Å². The summed E-state index contributed by atoms with van der Waals surface area (Å²) in [6, 6.07) is 10.6. The maximum absolute atomic E-state index is 5.64. The standard InChI is InChI=1S/C20H29N3O2S/c1-5-25-18-14-16(10-11-17(18)24-4)8-6-12-22-20(21-3)23-15(2)19-9-7-13-26-19/h7,9-11,13-15H,5-6,8,12H2,1-4H3,(H2,21,22,23). The fraction of sp³-hybridized carbons (Fsp3) is 0.450. The van der Waals surface area contributed by atoms with Gasteiger partial charge >= 0.3 is 0 Å². The lowest BCUT2D eigenvalue weighted by molar-refractivity contribution is 0.310. The Hall–Kier alpha value is -2.21. The third-order valence-corrected chi connectivity index (χ3v) is 5.06. The Balaban J connectivity index is 1.79. The zero-order valence-corrected chi connectivity index (χ0v) is 16.9. The van der Waals surface area contributed by atoms with Gasteiger partial charge in [0.1, 0.15) is 0 Å². The molecule has 0 spiro atoms. The number of benzene rings is 1. The first-order valence-corrected chi connectivity index (χ1v) is 9.86. The number of aryl methyl sites for hydroxylation is 1. The van der Waals surface area contributed by atoms with Crippen molar-refractivity contribution in [3.8, 4) is 11.5 Å². The van der Waals surface area contributed by atoms with Crippen LogP contribution in [0.3, 0.4) is 0 Å². The summed E-state index contributed by atoms with van der Waals surface area (Å²) in [5, 5.41) is 8.90. The lowest BCUT2D eigenvalue weighted by Crippen LogP contribution is -2.39. The molecule has 0 aliphatic rings. The van der Waals surface area contributed by atoms with E-state index in [1.165, 1.54) is 10.4 Å². The van der Waals surface area contributed by atoms with E-state index in [0.717, 1.165) is 36.8 Å². The highest BCUT2D eigenvalue weighted by atomic mass is 32.1. The summed E-state index contributed by atoms with van der Waals surface area (Å²) in [5.74, 6) is 2.42. The third kappa shape index (κ3) is 5.95. The highest BCUT2D eigenvalue weighted by Gasteiger charge is 2.08. The van der Waals surface area contributed by atoms with E-state index in [-0.39, 0.29) is 6.04 Å². The lowest BCUT2D eigenvalue weighted by Gasteiger charge is -2.17. The molecule has 5 nitrogen and oxygen atoms in total. The van der Waals surface area contributed by atoms with Crippen molar-refractivity contribution in [1.82, 2.24) is 10.6 Å². The molecule has 0 aliphatic carbocycles. The maximum atomic E-state index is 5.64. The van der Waals surface area contributed by atoms with Crippen LogP contribution < -0.4 is 20.1 Å². The lowest BCUT2D eigenvalue weighted by atomic mass is 10.1. The monoisotopic (exact) mass is 375 g/mol. The van der Waals surface area contributed by atoms with Crippen LogP contribution in [0.1, 0.15) is 36.8 Å². The zero-order chi connectivity index (χ0) is 18.8. The van der Waals surface area contributed by atoms with Gasteiger partial charge in [-0.15, -0.1) is 11.3 Å². The summed E-state index contributed by atoms with van der Waals surface area (Å²) < 4.78 is 11.0. The topological polar surface area (TPSA) is 54.9 Å². The van der Waals surface area contributed by atoms with Crippen LogP contribution in [-0.4, -0.2) is 33.3 Å². The summed E-state index contributed by atoms with van der Waals surface area (Å²) in [7, 11) is 3.46. The van der Waals surface area contributed by atoms with Gasteiger partial charge in [0.2, 0.25) is 0 Å². The van der Waals surface area contributed by atoms with Gasteiger partial charge < -0.3 is 20.1 Å². The van der Waals surface area contributed by atoms with Crippen molar-refractivity contribution in [1.29, 1.82) is 0 Å². The van der Waals surface area contributed by atoms with Crippen molar-refractivity contribution in [3.63, 3.8) is 0 Å². The van der Waals surface area contributed by atoms with Gasteiger partial charge in [0.25, 0.3) is 0 Å². The molecular formula is C20H29N3O2S. The van der Waals surface area contributed by atoms with Crippen LogP contribution in [0.25, 0.3) is 0 Å². The van der Waals surface area contributed by atoms with Crippen LogP contribution in [0.15, 0.2) is 40.7 Å². The highest BCUT2D eigenvalue weighted by molar-refractivity contribution is 7.10. The largest absolute Gasteiger partial charge is 0.493 e. The Morgan fingerprint density at radius 1 is 1.27 bits per heavy atom. The smallest absolute Gasteiger partial charge is 0.191 e. The molecule has 0 fully saturated rings. The molecule has 2 aromatic rings. The van der Waals surface area contributed by atoms with Gasteiger partial charge in [-0.1, -0.05) is 12.1 Å². The van der Waals surface area contributed by atoms with E-state index < -0.39 is 0 Å². The Labute approximate surface area is 160 Å². The van der Waals surface area contributed by atoms with E-state index in [1.54, 1.807) is 25.5 Å². The van der Waals surface area contributed by atoms with Crippen LogP contribution in [0.2, 0.25) is 0 Å². The van der Waals surface area contributed by atoms with Crippen molar-refractivity contribution in [2.24, 2.45) is 4.99 Å². The molecule has 0 aliphatic heterocycles. The SMILES string of the molecule is CCOc1cc(CCCNC(=NC)NC(C)c2cccs2)ccc1OC. The second-order valence-electron chi connectivity index (χ2n) is 5.90. The quantitative estimate of drug-likeness (QED) is 0.395. The number of nitrogens with one attached hydrogen (secondary N) is 2. The van der Waals surface area contributed by atoms with Crippen LogP contribution in [-0.2, 0) is 6.42 Å². The highest BCUT2D eigenvalue weighted by Crippen LogP contribution is 2.28. The molecule has 26 heavy (non-hydrogen) atoms. The van der Waals surface area contributed by atoms with E-state index in [9.17, 15) is 0 Å². The number of thiophene rings is 1. The van der Waals surface area contributed by atoms with E-state index >= 15 is 0 Å². The second kappa shape index (κ2) is 10.7. The van der Waals surface area contributed by atoms with Crippen molar-refractivity contribution in [3.05, 3.63) is 46.2 Å². The minimum Gasteiger partial charge on any atom is -0.493 e. The van der Waals surface area contributed by atoms with Crippen LogP contribution in [0.5, 0.6) is 11.5 Å². The van der Waals surface area contributed by atoms with Crippen molar-refractivity contribution in [2.45, 2.75) is 32.7 Å². The number of hydrogen-bond acceptors (Lipinski definition) is 4. The molecule has 1 aromatic carbocycles. The van der Waals surface area contributed by atoms with Gasteiger partial charge in [0, 0.05) is 18.5 Å². The van der Waals surface area contributed by atoms with E-state index in [2.05, 4.69) is 52.2 Å². The molecule has 0 amide bonds. The number of nitrogens with zero attached hydrogens (tertiary/aromatic N) is 1. The molecule has 142 valence electrons. The number of rotatable bonds is 9. The normalized spacial score (nSPS) is 12.5. The fourth-order valence-electron chi connectivity index (χ4n) is 2.65. The van der Waals surface area contributed by atoms with Crippen molar-refractivity contribution >= 4 is 17.3 Å². The summed E-state index contributed by atoms with van der Waals surface area (Å²) in [5.41, 5.74) is 1.24. The second-order valence-corrected chi connectivity index (χ2v) is 6.88. The Morgan fingerprint density at radius 3 is 2.77 bits per heavy atom. The summed E-state index contributed by atoms with van der Waals surface area (Å²) in [4.78, 5) is 5.61. The maximum Gasteiger partial charge on any atom is 0.191 e. The first-order chi connectivity index (χ1) is 12.7. The molecule has 1 heterocycles. The van der Waals surface area contributed by atoms with Gasteiger partial charge in [0.05, 0.1) is 19.8 Å². The molecule has 0 saturated carbocycles. The molecule has 0 saturated heterocycles. The van der Waals surface area contributed by atoms with Crippen molar-refractivity contribution < 1.29 is 9.47 Å². The number of hydrogen-bond donors (Lipinski definition) is 2. The minimum absolute atomic E-state index is 0.247. The fourth-order valence-corrected chi connectivity index (χ4v) is 3.39. The van der Waals surface area contributed by atoms with Gasteiger partial charge in [-0.2, -0.15) is 0 Å². The Morgan fingerprint density at radius 2 is 2.12 bits per heavy atom. The molecule has 2 N–H and O–H groups in total. The average molecular weight is 376 g/mol. The minimum atomic E-state index is 0.247. The predicted molar refractivity (Wildman–Crippen MR) is 110 cm³/mol. The molecule has 2 rings (SSSR count). The molecule has 1 aromatic heterocycles.